The Balaban J connectivity index is 3.52. The van der Waals surface area contributed by atoms with Gasteiger partial charge in [0, 0.05) is 0 Å². The van der Waals surface area contributed by atoms with Crippen LogP contribution in [-0.4, -0.2) is 29.2 Å². The maximum Gasteiger partial charge on any atom is 0.431 e. The highest BCUT2D eigenvalue weighted by Crippen LogP contribution is 1.97. The smallest absolute Gasteiger partial charge is 0.431 e. The summed E-state index contributed by atoms with van der Waals surface area (Å²) in [5.74, 6) is 0.216. The lowest BCUT2D eigenvalue weighted by Crippen LogP contribution is -2.28. The Morgan fingerprint density at radius 2 is 2.10 bits per heavy atom. The average Bonchev–Trinajstić information content (AvgIpc) is 1.99. The van der Waals surface area contributed by atoms with Crippen LogP contribution in [0.15, 0.2) is 0 Å². The summed E-state index contributed by atoms with van der Waals surface area (Å²) in [6.45, 7) is 0. The Kier molecular flexibility index (Phi) is 5.48. The highest BCUT2D eigenvalue weighted by atomic mass is 35.5. The normalized spacial score (nSPS) is 9.60. The quantitative estimate of drug-likeness (QED) is 0.393. The molecular weight excluding hydrogens is 181 g/mol. The molecule has 0 aromatic rings. The number of hydrogen-bond donors (Lipinski definition) is 2. The molecule has 0 saturated carbocycles. The SMILES string of the molecule is O=C(NO)OC(CCl)CCl. The van der Waals surface area contributed by atoms with Crippen molar-refractivity contribution in [2.75, 3.05) is 11.8 Å². The number of carbonyl (C=O) groups excluding carboxylic acids is 1. The summed E-state index contributed by atoms with van der Waals surface area (Å²) in [6, 6.07) is 0. The fourth-order valence-corrected chi connectivity index (χ4v) is 0.738. The topological polar surface area (TPSA) is 58.6 Å². The molecule has 0 aromatic carbocycles. The molecule has 1 amide bonds. The first-order valence-corrected chi connectivity index (χ1v) is 3.54. The highest BCUT2D eigenvalue weighted by molar-refractivity contribution is 6.21. The lowest BCUT2D eigenvalue weighted by molar-refractivity contribution is 0.0703. The van der Waals surface area contributed by atoms with Crippen molar-refractivity contribution in [3.05, 3.63) is 0 Å². The monoisotopic (exact) mass is 187 g/mol. The van der Waals surface area contributed by atoms with Gasteiger partial charge < -0.3 is 4.74 Å². The van der Waals surface area contributed by atoms with E-state index in [1.807, 2.05) is 0 Å². The first-order chi connectivity index (χ1) is 4.74. The Labute approximate surface area is 68.0 Å². The molecule has 0 aliphatic rings. The van der Waals surface area contributed by atoms with E-state index < -0.39 is 12.2 Å². The number of hydrogen-bond acceptors (Lipinski definition) is 3. The van der Waals surface area contributed by atoms with Crippen LogP contribution >= 0.6 is 23.2 Å². The van der Waals surface area contributed by atoms with Gasteiger partial charge in [-0.25, -0.2) is 10.3 Å². The van der Waals surface area contributed by atoms with Crippen LogP contribution in [0.1, 0.15) is 0 Å². The fraction of sp³-hybridized carbons (Fsp3) is 0.750. The van der Waals surface area contributed by atoms with E-state index >= 15 is 0 Å². The standard InChI is InChI=1S/C4H7Cl2NO3/c5-1-3(2-6)10-4(8)7-9/h3,9H,1-2H2,(H,7,8). The van der Waals surface area contributed by atoms with E-state index in [0.717, 1.165) is 0 Å². The molecule has 0 aromatic heterocycles. The van der Waals surface area contributed by atoms with Gasteiger partial charge in [0.05, 0.1) is 11.8 Å². The molecule has 10 heavy (non-hydrogen) atoms. The summed E-state index contributed by atoms with van der Waals surface area (Å²) in [5.41, 5.74) is 1.29. The maximum atomic E-state index is 10.2. The Bertz CT molecular complexity index is 107. The van der Waals surface area contributed by atoms with E-state index in [4.69, 9.17) is 28.4 Å². The van der Waals surface area contributed by atoms with E-state index in [9.17, 15) is 4.79 Å². The minimum absolute atomic E-state index is 0.108. The molecule has 0 bridgehead atoms. The number of nitrogens with one attached hydrogen (secondary N) is 1. The summed E-state index contributed by atoms with van der Waals surface area (Å²) in [6.07, 6.45) is -1.51. The van der Waals surface area contributed by atoms with E-state index in [-0.39, 0.29) is 11.8 Å². The van der Waals surface area contributed by atoms with E-state index in [2.05, 4.69) is 4.74 Å². The first-order valence-electron chi connectivity index (χ1n) is 2.47. The molecule has 2 N–H and O–H groups in total. The van der Waals surface area contributed by atoms with Gasteiger partial charge in [0.2, 0.25) is 0 Å². The number of alkyl halides is 2. The van der Waals surface area contributed by atoms with Crippen molar-refractivity contribution < 1.29 is 14.7 Å². The lowest BCUT2D eigenvalue weighted by Gasteiger charge is -2.09. The van der Waals surface area contributed by atoms with Crippen LogP contribution in [0, 0.1) is 0 Å². The van der Waals surface area contributed by atoms with E-state index in [1.54, 1.807) is 0 Å². The number of halogens is 2. The Morgan fingerprint density at radius 1 is 1.60 bits per heavy atom. The number of ether oxygens (including phenoxy) is 1. The van der Waals surface area contributed by atoms with Crippen LogP contribution in [0.4, 0.5) is 4.79 Å². The third kappa shape index (κ3) is 3.76. The first kappa shape index (κ1) is 9.81. The molecule has 0 fully saturated rings. The van der Waals surface area contributed by atoms with Crippen molar-refractivity contribution in [3.63, 3.8) is 0 Å². The van der Waals surface area contributed by atoms with Crippen molar-refractivity contribution in [2.45, 2.75) is 6.10 Å². The average molecular weight is 188 g/mol. The van der Waals surface area contributed by atoms with Crippen LogP contribution in [0.5, 0.6) is 0 Å². The second-order valence-electron chi connectivity index (χ2n) is 1.45. The van der Waals surface area contributed by atoms with Gasteiger partial charge in [-0.15, -0.1) is 23.2 Å². The van der Waals surface area contributed by atoms with Gasteiger partial charge in [0.15, 0.2) is 0 Å². The predicted molar refractivity (Wildman–Crippen MR) is 36.6 cm³/mol. The van der Waals surface area contributed by atoms with Crippen molar-refractivity contribution in [2.24, 2.45) is 0 Å². The second-order valence-corrected chi connectivity index (χ2v) is 2.06. The van der Waals surface area contributed by atoms with Gasteiger partial charge in [-0.05, 0) is 0 Å². The summed E-state index contributed by atoms with van der Waals surface area (Å²) >= 11 is 10.6. The molecule has 0 spiro atoms. The second kappa shape index (κ2) is 5.58. The zero-order valence-corrected chi connectivity index (χ0v) is 6.52. The minimum atomic E-state index is -0.953. The molecule has 0 aliphatic heterocycles. The van der Waals surface area contributed by atoms with Gasteiger partial charge in [0.1, 0.15) is 6.10 Å². The fourth-order valence-electron chi connectivity index (χ4n) is 0.282. The van der Waals surface area contributed by atoms with Gasteiger partial charge in [-0.2, -0.15) is 0 Å². The number of rotatable bonds is 3. The molecule has 6 heteroatoms. The molecule has 0 atom stereocenters. The van der Waals surface area contributed by atoms with Crippen LogP contribution in [0.25, 0.3) is 0 Å². The molecular formula is C4H7Cl2NO3. The number of hydroxylamine groups is 1. The van der Waals surface area contributed by atoms with Crippen LogP contribution in [0.2, 0.25) is 0 Å². The Morgan fingerprint density at radius 3 is 2.40 bits per heavy atom. The number of amides is 1. The van der Waals surface area contributed by atoms with Gasteiger partial charge in [-0.3, -0.25) is 5.21 Å². The van der Waals surface area contributed by atoms with Crippen LogP contribution in [-0.2, 0) is 4.74 Å². The molecule has 0 saturated heterocycles. The molecule has 0 heterocycles. The molecule has 60 valence electrons. The largest absolute Gasteiger partial charge is 0.442 e. The van der Waals surface area contributed by atoms with E-state index in [1.165, 1.54) is 5.48 Å². The third-order valence-electron chi connectivity index (χ3n) is 0.709. The van der Waals surface area contributed by atoms with Gasteiger partial charge in [0.25, 0.3) is 0 Å². The summed E-state index contributed by atoms with van der Waals surface area (Å²) in [5, 5.41) is 7.96. The zero-order chi connectivity index (χ0) is 7.98. The van der Waals surface area contributed by atoms with Crippen molar-refractivity contribution in [1.29, 1.82) is 0 Å². The summed E-state index contributed by atoms with van der Waals surface area (Å²) in [4.78, 5) is 10.2. The Hall–Kier alpha value is -0.190. The summed E-state index contributed by atoms with van der Waals surface area (Å²) < 4.78 is 4.43. The van der Waals surface area contributed by atoms with E-state index in [0.29, 0.717) is 0 Å². The summed E-state index contributed by atoms with van der Waals surface area (Å²) in [7, 11) is 0. The predicted octanol–water partition coefficient (Wildman–Crippen LogP) is 0.948. The van der Waals surface area contributed by atoms with Crippen molar-refractivity contribution in [1.82, 2.24) is 5.48 Å². The van der Waals surface area contributed by atoms with Gasteiger partial charge in [-0.1, -0.05) is 0 Å². The van der Waals surface area contributed by atoms with Gasteiger partial charge >= 0.3 is 6.09 Å². The van der Waals surface area contributed by atoms with Crippen molar-refractivity contribution >= 4 is 29.3 Å². The molecule has 0 unspecified atom stereocenters. The highest BCUT2D eigenvalue weighted by Gasteiger charge is 2.10. The maximum absolute atomic E-state index is 10.2. The molecule has 0 rings (SSSR count). The lowest BCUT2D eigenvalue weighted by atomic mass is 10.5. The molecule has 0 aliphatic carbocycles. The third-order valence-corrected chi connectivity index (χ3v) is 1.40. The zero-order valence-electron chi connectivity index (χ0n) is 5.01. The minimum Gasteiger partial charge on any atom is -0.442 e. The van der Waals surface area contributed by atoms with Crippen LogP contribution in [0.3, 0.4) is 0 Å². The molecule has 4 nitrogen and oxygen atoms in total. The van der Waals surface area contributed by atoms with Crippen LogP contribution < -0.4 is 5.48 Å². The molecule has 0 radical (unpaired) electrons. The van der Waals surface area contributed by atoms with Crippen molar-refractivity contribution in [3.8, 4) is 0 Å². The number of carbonyl (C=O) groups is 1.